The van der Waals surface area contributed by atoms with Crippen LogP contribution in [0.1, 0.15) is 34.9 Å². The summed E-state index contributed by atoms with van der Waals surface area (Å²) >= 11 is 0. The van der Waals surface area contributed by atoms with E-state index in [-0.39, 0.29) is 6.04 Å². The standard InChI is InChI=1S/C20H22N6O/c1-14-7-8-17(19(21)27)20(22-14)25-11-9-16(10-12-25)26-13-18(23-24-26)15-5-3-2-4-6-15/h2-8,13,16H,9-12H2,1H3,(H2,21,27). The van der Waals surface area contributed by atoms with Crippen molar-refractivity contribution in [3.05, 3.63) is 59.9 Å². The zero-order valence-electron chi connectivity index (χ0n) is 15.2. The summed E-state index contributed by atoms with van der Waals surface area (Å²) in [5, 5.41) is 8.65. The lowest BCUT2D eigenvalue weighted by Crippen LogP contribution is -2.36. The molecule has 0 atom stereocenters. The number of aromatic nitrogens is 4. The Kier molecular flexibility index (Phi) is 4.58. The van der Waals surface area contributed by atoms with E-state index in [9.17, 15) is 4.79 Å². The molecule has 1 aliphatic rings. The van der Waals surface area contributed by atoms with E-state index in [0.717, 1.165) is 42.9 Å². The van der Waals surface area contributed by atoms with Gasteiger partial charge in [-0.25, -0.2) is 9.67 Å². The predicted octanol–water partition coefficient (Wildman–Crippen LogP) is 2.59. The molecule has 2 N–H and O–H groups in total. The van der Waals surface area contributed by atoms with Crippen LogP contribution in [0.25, 0.3) is 11.3 Å². The van der Waals surface area contributed by atoms with Gasteiger partial charge in [0.15, 0.2) is 0 Å². The highest BCUT2D eigenvalue weighted by molar-refractivity contribution is 5.97. The van der Waals surface area contributed by atoms with E-state index in [1.54, 1.807) is 6.07 Å². The number of carbonyl (C=O) groups is 1. The van der Waals surface area contributed by atoms with E-state index < -0.39 is 5.91 Å². The van der Waals surface area contributed by atoms with Crippen LogP contribution < -0.4 is 10.6 Å². The Morgan fingerprint density at radius 1 is 1.11 bits per heavy atom. The Balaban J connectivity index is 1.48. The van der Waals surface area contributed by atoms with Crippen LogP contribution >= 0.6 is 0 Å². The Morgan fingerprint density at radius 3 is 2.56 bits per heavy atom. The van der Waals surface area contributed by atoms with E-state index in [4.69, 9.17) is 5.73 Å². The average Bonchev–Trinajstić information content (AvgIpc) is 3.19. The number of pyridine rings is 1. The molecule has 1 aliphatic heterocycles. The monoisotopic (exact) mass is 362 g/mol. The highest BCUT2D eigenvalue weighted by Crippen LogP contribution is 2.28. The van der Waals surface area contributed by atoms with Crippen molar-refractivity contribution in [3.8, 4) is 11.3 Å². The van der Waals surface area contributed by atoms with Crippen molar-refractivity contribution in [3.63, 3.8) is 0 Å². The Labute approximate surface area is 157 Å². The molecule has 27 heavy (non-hydrogen) atoms. The van der Waals surface area contributed by atoms with Crippen molar-refractivity contribution in [2.24, 2.45) is 5.73 Å². The van der Waals surface area contributed by atoms with Crippen LogP contribution in [-0.2, 0) is 0 Å². The first-order chi connectivity index (χ1) is 13.1. The summed E-state index contributed by atoms with van der Waals surface area (Å²) in [6, 6.07) is 13.9. The summed E-state index contributed by atoms with van der Waals surface area (Å²) in [6.45, 7) is 3.51. The molecule has 0 saturated carbocycles. The SMILES string of the molecule is Cc1ccc(C(N)=O)c(N2CCC(n3cc(-c4ccccc4)nn3)CC2)n1. The van der Waals surface area contributed by atoms with E-state index >= 15 is 0 Å². The van der Waals surface area contributed by atoms with Gasteiger partial charge in [0.05, 0.1) is 17.8 Å². The van der Waals surface area contributed by atoms with Gasteiger partial charge in [-0.3, -0.25) is 4.79 Å². The molecule has 3 aromatic rings. The predicted molar refractivity (Wildman–Crippen MR) is 103 cm³/mol. The summed E-state index contributed by atoms with van der Waals surface area (Å²) in [4.78, 5) is 18.4. The number of piperidine rings is 1. The second-order valence-electron chi connectivity index (χ2n) is 6.86. The lowest BCUT2D eigenvalue weighted by atomic mass is 10.0. The maximum Gasteiger partial charge on any atom is 0.252 e. The van der Waals surface area contributed by atoms with Gasteiger partial charge in [0.1, 0.15) is 11.5 Å². The molecule has 1 fully saturated rings. The number of benzene rings is 1. The molecule has 138 valence electrons. The van der Waals surface area contributed by atoms with Crippen molar-refractivity contribution in [1.82, 2.24) is 20.0 Å². The maximum atomic E-state index is 11.7. The molecule has 7 nitrogen and oxygen atoms in total. The van der Waals surface area contributed by atoms with Gasteiger partial charge in [-0.15, -0.1) is 5.10 Å². The number of hydrogen-bond acceptors (Lipinski definition) is 5. The van der Waals surface area contributed by atoms with E-state index in [1.165, 1.54) is 0 Å². The zero-order chi connectivity index (χ0) is 18.8. The first kappa shape index (κ1) is 17.2. The lowest BCUT2D eigenvalue weighted by Gasteiger charge is -2.33. The lowest BCUT2D eigenvalue weighted by molar-refractivity contribution is 0.100. The average molecular weight is 362 g/mol. The van der Waals surface area contributed by atoms with Crippen molar-refractivity contribution in [2.45, 2.75) is 25.8 Å². The van der Waals surface area contributed by atoms with Crippen LogP contribution in [0.15, 0.2) is 48.7 Å². The number of amides is 1. The Morgan fingerprint density at radius 2 is 1.85 bits per heavy atom. The van der Waals surface area contributed by atoms with Gasteiger partial charge in [0, 0.05) is 24.3 Å². The summed E-state index contributed by atoms with van der Waals surface area (Å²) in [6.07, 6.45) is 3.83. The second kappa shape index (κ2) is 7.19. The largest absolute Gasteiger partial charge is 0.365 e. The number of anilines is 1. The number of hydrogen-bond donors (Lipinski definition) is 1. The van der Waals surface area contributed by atoms with Gasteiger partial charge in [-0.1, -0.05) is 35.5 Å². The van der Waals surface area contributed by atoms with Gasteiger partial charge in [0.2, 0.25) is 0 Å². The van der Waals surface area contributed by atoms with Crippen LogP contribution in [0.5, 0.6) is 0 Å². The molecule has 3 heterocycles. The van der Waals surface area contributed by atoms with Gasteiger partial charge in [-0.05, 0) is 31.9 Å². The van der Waals surface area contributed by atoms with Gasteiger partial charge in [-0.2, -0.15) is 0 Å². The molecular weight excluding hydrogens is 340 g/mol. The molecule has 2 aromatic heterocycles. The number of nitrogens with two attached hydrogens (primary N) is 1. The van der Waals surface area contributed by atoms with Crippen molar-refractivity contribution in [2.75, 3.05) is 18.0 Å². The molecule has 0 unspecified atom stereocenters. The number of nitrogens with zero attached hydrogens (tertiary/aromatic N) is 5. The molecule has 0 aliphatic carbocycles. The molecule has 4 rings (SSSR count). The van der Waals surface area contributed by atoms with Crippen LogP contribution in [-0.4, -0.2) is 39.0 Å². The number of rotatable bonds is 4. The third-order valence-corrected chi connectivity index (χ3v) is 5.00. The van der Waals surface area contributed by atoms with Crippen molar-refractivity contribution >= 4 is 11.7 Å². The Bertz CT molecular complexity index is 944. The highest BCUT2D eigenvalue weighted by Gasteiger charge is 2.25. The first-order valence-electron chi connectivity index (χ1n) is 9.11. The minimum Gasteiger partial charge on any atom is -0.365 e. The molecule has 0 spiro atoms. The first-order valence-corrected chi connectivity index (χ1v) is 9.11. The van der Waals surface area contributed by atoms with E-state index in [1.807, 2.05) is 54.2 Å². The fourth-order valence-corrected chi connectivity index (χ4v) is 3.51. The normalized spacial score (nSPS) is 15.1. The highest BCUT2D eigenvalue weighted by atomic mass is 16.1. The molecular formula is C20H22N6O. The quantitative estimate of drug-likeness (QED) is 0.770. The molecule has 1 amide bonds. The molecule has 1 saturated heterocycles. The summed E-state index contributed by atoms with van der Waals surface area (Å²) in [5.74, 6) is 0.243. The fraction of sp³-hybridized carbons (Fsp3) is 0.300. The number of primary amides is 1. The van der Waals surface area contributed by atoms with E-state index in [0.29, 0.717) is 11.4 Å². The third kappa shape index (κ3) is 3.53. The molecule has 0 radical (unpaired) electrons. The van der Waals surface area contributed by atoms with Crippen LogP contribution in [0.3, 0.4) is 0 Å². The molecule has 1 aromatic carbocycles. The van der Waals surface area contributed by atoms with Crippen LogP contribution in [0, 0.1) is 6.92 Å². The third-order valence-electron chi connectivity index (χ3n) is 5.00. The maximum absolute atomic E-state index is 11.7. The van der Waals surface area contributed by atoms with Gasteiger partial charge >= 0.3 is 0 Å². The summed E-state index contributed by atoms with van der Waals surface area (Å²) in [5.41, 5.74) is 8.82. The van der Waals surface area contributed by atoms with Crippen molar-refractivity contribution < 1.29 is 4.79 Å². The zero-order valence-corrected chi connectivity index (χ0v) is 15.2. The minimum absolute atomic E-state index is 0.285. The van der Waals surface area contributed by atoms with Crippen LogP contribution in [0.4, 0.5) is 5.82 Å². The van der Waals surface area contributed by atoms with Crippen molar-refractivity contribution in [1.29, 1.82) is 0 Å². The second-order valence-corrected chi connectivity index (χ2v) is 6.86. The summed E-state index contributed by atoms with van der Waals surface area (Å²) < 4.78 is 1.96. The van der Waals surface area contributed by atoms with Crippen LogP contribution in [0.2, 0.25) is 0 Å². The minimum atomic E-state index is -0.441. The van der Waals surface area contributed by atoms with Gasteiger partial charge in [0.25, 0.3) is 5.91 Å². The number of carbonyl (C=O) groups excluding carboxylic acids is 1. The fourth-order valence-electron chi connectivity index (χ4n) is 3.51. The Hall–Kier alpha value is -3.22. The van der Waals surface area contributed by atoms with Gasteiger partial charge < -0.3 is 10.6 Å². The topological polar surface area (TPSA) is 89.9 Å². The molecule has 0 bridgehead atoms. The smallest absolute Gasteiger partial charge is 0.252 e. The molecule has 7 heteroatoms. The number of aryl methyl sites for hydroxylation is 1. The van der Waals surface area contributed by atoms with E-state index in [2.05, 4.69) is 20.2 Å². The summed E-state index contributed by atoms with van der Waals surface area (Å²) in [7, 11) is 0.